The van der Waals surface area contributed by atoms with Gasteiger partial charge in [0.25, 0.3) is 11.8 Å². The molecule has 13 heteroatoms. The number of hydrogen-bond donors (Lipinski definition) is 3. The van der Waals surface area contributed by atoms with E-state index in [1.807, 2.05) is 47.1 Å². The average molecular weight is 678 g/mol. The molecule has 0 unspecified atom stereocenters. The first-order chi connectivity index (χ1) is 23.4. The van der Waals surface area contributed by atoms with Crippen LogP contribution in [0.2, 0.25) is 0 Å². The van der Waals surface area contributed by atoms with Crippen LogP contribution in [0, 0.1) is 12.7 Å². The van der Waals surface area contributed by atoms with Gasteiger partial charge in [-0.15, -0.1) is 0 Å². The third kappa shape index (κ3) is 7.02. The molecule has 0 bridgehead atoms. The number of methoxy groups -OCH3 is 1. The van der Waals surface area contributed by atoms with Gasteiger partial charge in [-0.3, -0.25) is 14.4 Å². The van der Waals surface area contributed by atoms with E-state index in [1.165, 1.54) is 18.2 Å². The Labute approximate surface area is 279 Å². The van der Waals surface area contributed by atoms with E-state index in [1.54, 1.807) is 30.3 Å². The summed E-state index contributed by atoms with van der Waals surface area (Å²) in [6.45, 7) is 3.06. The number of likely N-dealkylation sites (tertiary alicyclic amines) is 1. The van der Waals surface area contributed by atoms with Crippen LogP contribution in [0.4, 0.5) is 23.2 Å². The highest BCUT2D eigenvalue weighted by Crippen LogP contribution is 2.34. The minimum absolute atomic E-state index is 0.244. The van der Waals surface area contributed by atoms with Crippen LogP contribution >= 0.6 is 0 Å². The summed E-state index contributed by atoms with van der Waals surface area (Å²) in [5.41, 5.74) is 4.57. The van der Waals surface area contributed by atoms with Crippen LogP contribution in [0.5, 0.6) is 0 Å². The molecule has 0 saturated carbocycles. The lowest BCUT2D eigenvalue weighted by Gasteiger charge is -2.32. The molecule has 0 radical (unpaired) electrons. The molecular formula is C36H35F4N5O4. The normalized spacial score (nSPS) is 14.0. The molecule has 0 atom stereocenters. The SMILES string of the molecule is COCCn1cc(C(=O)N2CCC(c3cc(CNC(=O)C(F)(F)F)ccc3F)CC2)c2c(NC(=O)c3cc4cccc(C)c4[nH]3)cccc21. The predicted octanol–water partition coefficient (Wildman–Crippen LogP) is 6.67. The zero-order valence-electron chi connectivity index (χ0n) is 26.9. The van der Waals surface area contributed by atoms with Crippen LogP contribution in [-0.2, 0) is 22.6 Å². The molecule has 3 aromatic carbocycles. The second kappa shape index (κ2) is 13.7. The van der Waals surface area contributed by atoms with E-state index in [-0.39, 0.29) is 17.7 Å². The van der Waals surface area contributed by atoms with Gasteiger partial charge in [-0.1, -0.05) is 36.4 Å². The van der Waals surface area contributed by atoms with Crippen molar-refractivity contribution in [1.29, 1.82) is 0 Å². The van der Waals surface area contributed by atoms with E-state index >= 15 is 0 Å². The van der Waals surface area contributed by atoms with Crippen molar-refractivity contribution in [3.8, 4) is 0 Å². The molecule has 6 rings (SSSR count). The van der Waals surface area contributed by atoms with Crippen LogP contribution in [0.3, 0.4) is 0 Å². The number of hydrogen-bond acceptors (Lipinski definition) is 4. The van der Waals surface area contributed by atoms with Gasteiger partial charge < -0.3 is 29.8 Å². The Balaban J connectivity index is 1.22. The highest BCUT2D eigenvalue weighted by molar-refractivity contribution is 6.16. The van der Waals surface area contributed by atoms with E-state index in [0.717, 1.165) is 22.0 Å². The number of aromatic amines is 1. The molecular weight excluding hydrogens is 642 g/mol. The second-order valence-electron chi connectivity index (χ2n) is 12.2. The van der Waals surface area contributed by atoms with Crippen LogP contribution in [-0.4, -0.2) is 65.2 Å². The number of nitrogens with zero attached hydrogens (tertiary/aromatic N) is 2. The Morgan fingerprint density at radius 3 is 2.49 bits per heavy atom. The molecule has 1 saturated heterocycles. The third-order valence-electron chi connectivity index (χ3n) is 9.02. The number of amides is 3. The number of nitrogens with one attached hydrogen (secondary N) is 3. The number of benzene rings is 3. The number of para-hydroxylation sites is 1. The number of aryl methyl sites for hydroxylation is 1. The molecule has 256 valence electrons. The minimum atomic E-state index is -5.01. The minimum Gasteiger partial charge on any atom is -0.383 e. The van der Waals surface area contributed by atoms with Gasteiger partial charge in [0.2, 0.25) is 0 Å². The summed E-state index contributed by atoms with van der Waals surface area (Å²) >= 11 is 0. The van der Waals surface area contributed by atoms with Crippen LogP contribution < -0.4 is 10.6 Å². The number of piperidine rings is 1. The van der Waals surface area contributed by atoms with E-state index in [9.17, 15) is 31.9 Å². The topological polar surface area (TPSA) is 108 Å². The van der Waals surface area contributed by atoms with E-state index in [0.29, 0.717) is 72.5 Å². The number of aromatic nitrogens is 2. The monoisotopic (exact) mass is 677 g/mol. The Hall–Kier alpha value is -5.17. The maximum absolute atomic E-state index is 14.9. The zero-order chi connectivity index (χ0) is 34.9. The molecule has 5 aromatic rings. The smallest absolute Gasteiger partial charge is 0.383 e. The number of fused-ring (bicyclic) bond motifs is 2. The maximum atomic E-state index is 14.9. The Morgan fingerprint density at radius 1 is 1.02 bits per heavy atom. The Bertz CT molecular complexity index is 2040. The number of anilines is 1. The number of rotatable bonds is 9. The molecule has 3 heterocycles. The fourth-order valence-electron chi connectivity index (χ4n) is 6.48. The average Bonchev–Trinajstić information content (AvgIpc) is 3.70. The lowest BCUT2D eigenvalue weighted by Crippen LogP contribution is -2.38. The summed E-state index contributed by atoms with van der Waals surface area (Å²) in [6.07, 6.45) is -2.40. The Morgan fingerprint density at radius 2 is 1.78 bits per heavy atom. The van der Waals surface area contributed by atoms with Gasteiger partial charge in [0.05, 0.1) is 23.4 Å². The van der Waals surface area contributed by atoms with Gasteiger partial charge in [0.1, 0.15) is 11.5 Å². The first-order valence-corrected chi connectivity index (χ1v) is 15.9. The van der Waals surface area contributed by atoms with Gasteiger partial charge in [0, 0.05) is 55.8 Å². The zero-order valence-corrected chi connectivity index (χ0v) is 26.9. The van der Waals surface area contributed by atoms with E-state index in [4.69, 9.17) is 4.74 Å². The quantitative estimate of drug-likeness (QED) is 0.152. The van der Waals surface area contributed by atoms with Crippen molar-refractivity contribution < 1.29 is 36.7 Å². The van der Waals surface area contributed by atoms with E-state index < -0.39 is 24.4 Å². The number of carbonyl (C=O) groups excluding carboxylic acids is 3. The highest BCUT2D eigenvalue weighted by atomic mass is 19.4. The van der Waals surface area contributed by atoms with Gasteiger partial charge in [-0.2, -0.15) is 13.2 Å². The second-order valence-corrected chi connectivity index (χ2v) is 12.2. The fourth-order valence-corrected chi connectivity index (χ4v) is 6.48. The number of carbonyl (C=O) groups is 3. The molecule has 0 spiro atoms. The Kier molecular flexibility index (Phi) is 9.46. The van der Waals surface area contributed by atoms with Crippen molar-refractivity contribution in [2.75, 3.05) is 32.1 Å². The standard InChI is InChI=1S/C36H35F4N5O4/c1-21-5-3-6-24-18-29(42-32(21)24)33(46)43-28-7-4-8-30-31(28)26(20-45(30)15-16-49-2)34(47)44-13-11-23(12-14-44)25-17-22(9-10-27(25)37)19-41-35(48)36(38,39)40/h3-10,17-18,20,23,42H,11-16,19H2,1-2H3,(H,41,48)(H,43,46). The first-order valence-electron chi connectivity index (χ1n) is 15.9. The lowest BCUT2D eigenvalue weighted by atomic mass is 9.88. The molecule has 0 aliphatic carbocycles. The van der Waals surface area contributed by atoms with Crippen molar-refractivity contribution in [2.45, 2.75) is 44.9 Å². The van der Waals surface area contributed by atoms with Crippen LogP contribution in [0.15, 0.2) is 66.9 Å². The molecule has 2 aromatic heterocycles. The van der Waals surface area contributed by atoms with Crippen LogP contribution in [0.1, 0.15) is 56.3 Å². The van der Waals surface area contributed by atoms with E-state index in [2.05, 4.69) is 10.3 Å². The number of H-pyrrole nitrogens is 1. The summed E-state index contributed by atoms with van der Waals surface area (Å²) in [5, 5.41) is 6.31. The maximum Gasteiger partial charge on any atom is 0.471 e. The summed E-state index contributed by atoms with van der Waals surface area (Å²) in [5.74, 6) is -3.44. The van der Waals surface area contributed by atoms with Gasteiger partial charge in [-0.25, -0.2) is 4.39 Å². The molecule has 3 N–H and O–H groups in total. The van der Waals surface area contributed by atoms with Crippen molar-refractivity contribution >= 4 is 45.2 Å². The number of alkyl halides is 3. The first kappa shape index (κ1) is 33.7. The molecule has 1 aliphatic rings. The van der Waals surface area contributed by atoms with Gasteiger partial charge in [0.15, 0.2) is 0 Å². The largest absolute Gasteiger partial charge is 0.471 e. The molecule has 1 aliphatic heterocycles. The van der Waals surface area contributed by atoms with Crippen molar-refractivity contribution in [2.24, 2.45) is 0 Å². The predicted molar refractivity (Wildman–Crippen MR) is 177 cm³/mol. The lowest BCUT2D eigenvalue weighted by molar-refractivity contribution is -0.173. The molecule has 3 amide bonds. The fraction of sp³-hybridized carbons (Fsp3) is 0.306. The third-order valence-corrected chi connectivity index (χ3v) is 9.02. The van der Waals surface area contributed by atoms with Crippen molar-refractivity contribution in [3.05, 3.63) is 101 Å². The number of ether oxygens (including phenoxy) is 1. The summed E-state index contributed by atoms with van der Waals surface area (Å²) in [6, 6.07) is 17.0. The molecule has 1 fully saturated rings. The molecule has 9 nitrogen and oxygen atoms in total. The highest BCUT2D eigenvalue weighted by Gasteiger charge is 2.38. The van der Waals surface area contributed by atoms with Gasteiger partial charge in [-0.05, 0) is 66.6 Å². The van der Waals surface area contributed by atoms with Crippen LogP contribution in [0.25, 0.3) is 21.8 Å². The van der Waals surface area contributed by atoms with Crippen molar-refractivity contribution in [1.82, 2.24) is 19.8 Å². The summed E-state index contributed by atoms with van der Waals surface area (Å²) < 4.78 is 60.0. The summed E-state index contributed by atoms with van der Waals surface area (Å²) in [4.78, 5) is 43.7. The van der Waals surface area contributed by atoms with Crippen molar-refractivity contribution in [3.63, 3.8) is 0 Å². The summed E-state index contributed by atoms with van der Waals surface area (Å²) in [7, 11) is 1.59. The van der Waals surface area contributed by atoms with Gasteiger partial charge >= 0.3 is 12.1 Å². The number of halogens is 4. The molecule has 49 heavy (non-hydrogen) atoms.